The maximum Gasteiger partial charge on any atom is 0.243 e. The SMILES string of the molecule is CCC(O)c1cccc(S(=O)(=O)N(CCO)C2CCC2)c1. The zero-order valence-corrected chi connectivity index (χ0v) is 13.1. The Hall–Kier alpha value is -0.950. The van der Waals surface area contributed by atoms with E-state index in [-0.39, 0.29) is 24.1 Å². The molecule has 1 atom stereocenters. The number of sulfonamides is 1. The van der Waals surface area contributed by atoms with Crippen LogP contribution >= 0.6 is 0 Å². The summed E-state index contributed by atoms with van der Waals surface area (Å²) in [4.78, 5) is 0.188. The molecule has 0 aromatic heterocycles. The van der Waals surface area contributed by atoms with Gasteiger partial charge in [-0.25, -0.2) is 8.42 Å². The summed E-state index contributed by atoms with van der Waals surface area (Å²) in [7, 11) is -3.63. The van der Waals surface area contributed by atoms with Gasteiger partial charge >= 0.3 is 0 Å². The van der Waals surface area contributed by atoms with Crippen molar-refractivity contribution < 1.29 is 18.6 Å². The van der Waals surface area contributed by atoms with Crippen LogP contribution in [0.15, 0.2) is 29.2 Å². The molecule has 1 aliphatic carbocycles. The maximum absolute atomic E-state index is 12.8. The van der Waals surface area contributed by atoms with Gasteiger partial charge < -0.3 is 10.2 Å². The normalized spacial score (nSPS) is 17.7. The molecule has 1 saturated carbocycles. The predicted octanol–water partition coefficient (Wildman–Crippen LogP) is 1.67. The lowest BCUT2D eigenvalue weighted by Gasteiger charge is -2.36. The lowest BCUT2D eigenvalue weighted by atomic mass is 9.93. The summed E-state index contributed by atoms with van der Waals surface area (Å²) < 4.78 is 26.9. The predicted molar refractivity (Wildman–Crippen MR) is 80.3 cm³/mol. The number of aliphatic hydroxyl groups is 2. The molecule has 0 spiro atoms. The second kappa shape index (κ2) is 6.87. The standard InChI is InChI=1S/C15H23NO4S/c1-2-15(18)12-5-3-8-14(11-12)21(19,20)16(9-10-17)13-6-4-7-13/h3,5,8,11,13,15,17-18H,2,4,6-7,9-10H2,1H3. The number of rotatable bonds is 7. The van der Waals surface area contributed by atoms with E-state index in [1.807, 2.05) is 6.92 Å². The van der Waals surface area contributed by atoms with Gasteiger partial charge in [0.1, 0.15) is 0 Å². The Morgan fingerprint density at radius 3 is 2.62 bits per heavy atom. The first-order valence-corrected chi connectivity index (χ1v) is 8.85. The molecule has 0 heterocycles. The molecule has 0 bridgehead atoms. The quantitative estimate of drug-likeness (QED) is 0.802. The molecule has 0 aliphatic heterocycles. The van der Waals surface area contributed by atoms with Gasteiger partial charge in [0.05, 0.1) is 17.6 Å². The number of hydrogen-bond donors (Lipinski definition) is 2. The highest BCUT2D eigenvalue weighted by atomic mass is 32.2. The second-order valence-electron chi connectivity index (χ2n) is 5.42. The monoisotopic (exact) mass is 313 g/mol. The fraction of sp³-hybridized carbons (Fsp3) is 0.600. The van der Waals surface area contributed by atoms with E-state index in [1.165, 1.54) is 10.4 Å². The van der Waals surface area contributed by atoms with Crippen LogP contribution in [0.3, 0.4) is 0 Å². The summed E-state index contributed by atoms with van der Waals surface area (Å²) in [5.41, 5.74) is 0.608. The van der Waals surface area contributed by atoms with Crippen LogP contribution in [-0.2, 0) is 10.0 Å². The minimum Gasteiger partial charge on any atom is -0.395 e. The molecule has 21 heavy (non-hydrogen) atoms. The molecule has 0 saturated heterocycles. The van der Waals surface area contributed by atoms with Crippen LogP contribution in [0.25, 0.3) is 0 Å². The first-order valence-electron chi connectivity index (χ1n) is 7.41. The van der Waals surface area contributed by atoms with Crippen molar-refractivity contribution in [2.75, 3.05) is 13.2 Å². The van der Waals surface area contributed by atoms with Gasteiger partial charge in [-0.15, -0.1) is 0 Å². The van der Waals surface area contributed by atoms with Crippen LogP contribution in [0.1, 0.15) is 44.3 Å². The summed E-state index contributed by atoms with van der Waals surface area (Å²) in [6, 6.07) is 6.45. The first-order chi connectivity index (χ1) is 10.0. The first kappa shape index (κ1) is 16.4. The molecule has 2 N–H and O–H groups in total. The number of hydrogen-bond acceptors (Lipinski definition) is 4. The molecular weight excluding hydrogens is 290 g/mol. The van der Waals surface area contributed by atoms with Crippen LogP contribution in [-0.4, -0.2) is 42.1 Å². The van der Waals surface area contributed by atoms with E-state index in [0.29, 0.717) is 12.0 Å². The Balaban J connectivity index is 2.32. The van der Waals surface area contributed by atoms with E-state index in [4.69, 9.17) is 5.11 Å². The van der Waals surface area contributed by atoms with E-state index in [2.05, 4.69) is 0 Å². The van der Waals surface area contributed by atoms with Crippen molar-refractivity contribution in [2.24, 2.45) is 0 Å². The van der Waals surface area contributed by atoms with Crippen LogP contribution in [0.5, 0.6) is 0 Å². The number of nitrogens with zero attached hydrogens (tertiary/aromatic N) is 1. The molecule has 1 unspecified atom stereocenters. The van der Waals surface area contributed by atoms with Crippen molar-refractivity contribution in [3.63, 3.8) is 0 Å². The van der Waals surface area contributed by atoms with E-state index in [0.717, 1.165) is 19.3 Å². The second-order valence-corrected chi connectivity index (χ2v) is 7.31. The lowest BCUT2D eigenvalue weighted by molar-refractivity contribution is 0.173. The minimum atomic E-state index is -3.63. The average molecular weight is 313 g/mol. The summed E-state index contributed by atoms with van der Waals surface area (Å²) in [6.45, 7) is 1.78. The van der Waals surface area contributed by atoms with Crippen molar-refractivity contribution >= 4 is 10.0 Å². The average Bonchev–Trinajstić information content (AvgIpc) is 2.44. The van der Waals surface area contributed by atoms with Crippen molar-refractivity contribution in [1.29, 1.82) is 0 Å². The maximum atomic E-state index is 12.8. The molecule has 1 aromatic carbocycles. The Morgan fingerprint density at radius 1 is 1.38 bits per heavy atom. The van der Waals surface area contributed by atoms with Crippen molar-refractivity contribution in [3.05, 3.63) is 29.8 Å². The Kier molecular flexibility index (Phi) is 5.37. The molecule has 0 radical (unpaired) electrons. The number of benzene rings is 1. The summed E-state index contributed by atoms with van der Waals surface area (Å²) in [5.74, 6) is 0. The van der Waals surface area contributed by atoms with Gasteiger partial charge in [0.25, 0.3) is 0 Å². The zero-order valence-electron chi connectivity index (χ0n) is 12.3. The van der Waals surface area contributed by atoms with Gasteiger partial charge in [-0.1, -0.05) is 25.5 Å². The lowest BCUT2D eigenvalue weighted by Crippen LogP contribution is -2.45. The molecule has 118 valence electrons. The Bertz CT molecular complexity index is 569. The third-order valence-electron chi connectivity index (χ3n) is 4.04. The van der Waals surface area contributed by atoms with Gasteiger partial charge in [-0.2, -0.15) is 4.31 Å². The molecule has 1 fully saturated rings. The number of aliphatic hydroxyl groups excluding tert-OH is 2. The van der Waals surface area contributed by atoms with Crippen LogP contribution in [0.4, 0.5) is 0 Å². The summed E-state index contributed by atoms with van der Waals surface area (Å²) >= 11 is 0. The summed E-state index contributed by atoms with van der Waals surface area (Å²) in [6.07, 6.45) is 2.59. The van der Waals surface area contributed by atoms with Gasteiger partial charge in [-0.3, -0.25) is 0 Å². The highest BCUT2D eigenvalue weighted by molar-refractivity contribution is 7.89. The minimum absolute atomic E-state index is 0.0121. The smallest absolute Gasteiger partial charge is 0.243 e. The topological polar surface area (TPSA) is 77.8 Å². The highest BCUT2D eigenvalue weighted by Crippen LogP contribution is 2.30. The molecular formula is C15H23NO4S. The molecule has 5 nitrogen and oxygen atoms in total. The molecule has 1 aromatic rings. The molecule has 0 amide bonds. The van der Waals surface area contributed by atoms with Crippen molar-refractivity contribution in [2.45, 2.75) is 49.6 Å². The van der Waals surface area contributed by atoms with Crippen LogP contribution in [0.2, 0.25) is 0 Å². The fourth-order valence-corrected chi connectivity index (χ4v) is 4.26. The van der Waals surface area contributed by atoms with Gasteiger partial charge in [0, 0.05) is 12.6 Å². The van der Waals surface area contributed by atoms with Gasteiger partial charge in [0.15, 0.2) is 0 Å². The van der Waals surface area contributed by atoms with E-state index in [9.17, 15) is 13.5 Å². The Morgan fingerprint density at radius 2 is 2.10 bits per heavy atom. The van der Waals surface area contributed by atoms with Crippen LogP contribution < -0.4 is 0 Å². The molecule has 1 aliphatic rings. The van der Waals surface area contributed by atoms with Crippen LogP contribution in [0, 0.1) is 0 Å². The third-order valence-corrected chi connectivity index (χ3v) is 5.99. The molecule has 2 rings (SSSR count). The largest absolute Gasteiger partial charge is 0.395 e. The fourth-order valence-electron chi connectivity index (χ4n) is 2.53. The molecule has 6 heteroatoms. The summed E-state index contributed by atoms with van der Waals surface area (Å²) in [5, 5.41) is 19.0. The Labute approximate surface area is 126 Å². The van der Waals surface area contributed by atoms with E-state index >= 15 is 0 Å². The van der Waals surface area contributed by atoms with Crippen molar-refractivity contribution in [3.8, 4) is 0 Å². The van der Waals surface area contributed by atoms with E-state index < -0.39 is 16.1 Å². The van der Waals surface area contributed by atoms with Gasteiger partial charge in [0.2, 0.25) is 10.0 Å². The third kappa shape index (κ3) is 3.45. The highest BCUT2D eigenvalue weighted by Gasteiger charge is 2.34. The zero-order chi connectivity index (χ0) is 15.5. The van der Waals surface area contributed by atoms with E-state index in [1.54, 1.807) is 18.2 Å². The van der Waals surface area contributed by atoms with Gasteiger partial charge in [-0.05, 0) is 37.0 Å². The van der Waals surface area contributed by atoms with Crippen molar-refractivity contribution in [1.82, 2.24) is 4.31 Å².